The van der Waals surface area contributed by atoms with Crippen molar-refractivity contribution in [1.82, 2.24) is 16.0 Å². The van der Waals surface area contributed by atoms with Gasteiger partial charge in [-0.2, -0.15) is 0 Å². The molecule has 120 valence electrons. The van der Waals surface area contributed by atoms with Gasteiger partial charge in [0.05, 0.1) is 0 Å². The molecule has 6 heteroatoms. The summed E-state index contributed by atoms with van der Waals surface area (Å²) in [6.07, 6.45) is 0. The van der Waals surface area contributed by atoms with Gasteiger partial charge in [0.2, 0.25) is 11.8 Å². The van der Waals surface area contributed by atoms with Gasteiger partial charge in [-0.05, 0) is 19.1 Å². The number of rotatable bonds is 7. The molecule has 0 radical (unpaired) electrons. The first-order valence-corrected chi connectivity index (χ1v) is 7.33. The smallest absolute Gasteiger partial charge is 0.251 e. The summed E-state index contributed by atoms with van der Waals surface area (Å²) in [4.78, 5) is 35.1. The Balaban J connectivity index is 2.30. The molecule has 22 heavy (non-hydrogen) atoms. The Bertz CT molecular complexity index is 515. The SMILES string of the molecule is CC(C)C(=O)NCCNC(=O)C(C)NC(=O)c1ccccc1. The minimum Gasteiger partial charge on any atom is -0.354 e. The second kappa shape index (κ2) is 8.81. The normalized spacial score (nSPS) is 11.6. The van der Waals surface area contributed by atoms with E-state index in [1.54, 1.807) is 45.0 Å². The maximum atomic E-state index is 11.9. The topological polar surface area (TPSA) is 87.3 Å². The van der Waals surface area contributed by atoms with Crippen LogP contribution < -0.4 is 16.0 Å². The molecule has 0 saturated carbocycles. The number of benzene rings is 1. The van der Waals surface area contributed by atoms with Gasteiger partial charge in [0, 0.05) is 24.6 Å². The van der Waals surface area contributed by atoms with Crippen LogP contribution in [0.4, 0.5) is 0 Å². The summed E-state index contributed by atoms with van der Waals surface area (Å²) in [5.74, 6) is -0.723. The summed E-state index contributed by atoms with van der Waals surface area (Å²) in [5.41, 5.74) is 0.506. The lowest BCUT2D eigenvalue weighted by Gasteiger charge is -2.14. The van der Waals surface area contributed by atoms with Gasteiger partial charge in [0.1, 0.15) is 6.04 Å². The fourth-order valence-electron chi connectivity index (χ4n) is 1.66. The van der Waals surface area contributed by atoms with Gasteiger partial charge in [0.25, 0.3) is 5.91 Å². The van der Waals surface area contributed by atoms with Crippen molar-refractivity contribution >= 4 is 17.7 Å². The highest BCUT2D eigenvalue weighted by molar-refractivity contribution is 5.97. The maximum absolute atomic E-state index is 11.9. The molecule has 1 atom stereocenters. The molecule has 1 aromatic carbocycles. The van der Waals surface area contributed by atoms with E-state index < -0.39 is 6.04 Å². The Morgan fingerprint density at radius 3 is 2.00 bits per heavy atom. The van der Waals surface area contributed by atoms with Gasteiger partial charge in [-0.3, -0.25) is 14.4 Å². The Morgan fingerprint density at radius 1 is 0.909 bits per heavy atom. The molecule has 3 N–H and O–H groups in total. The van der Waals surface area contributed by atoms with E-state index in [1.165, 1.54) is 0 Å². The lowest BCUT2D eigenvalue weighted by Crippen LogP contribution is -2.46. The van der Waals surface area contributed by atoms with Crippen LogP contribution >= 0.6 is 0 Å². The number of carbonyl (C=O) groups is 3. The molecule has 0 spiro atoms. The van der Waals surface area contributed by atoms with Crippen molar-refractivity contribution in [3.8, 4) is 0 Å². The molecule has 0 aliphatic carbocycles. The molecular weight excluding hydrogens is 282 g/mol. The highest BCUT2D eigenvalue weighted by Crippen LogP contribution is 1.98. The van der Waals surface area contributed by atoms with Crippen molar-refractivity contribution in [3.63, 3.8) is 0 Å². The standard InChI is InChI=1S/C16H23N3O3/c1-11(2)14(20)17-9-10-18-15(21)12(3)19-16(22)13-7-5-4-6-8-13/h4-8,11-12H,9-10H2,1-3H3,(H,17,20)(H,18,21)(H,19,22). The molecule has 1 aromatic rings. The molecule has 0 heterocycles. The summed E-state index contributed by atoms with van der Waals surface area (Å²) >= 11 is 0. The first-order chi connectivity index (χ1) is 10.4. The lowest BCUT2D eigenvalue weighted by atomic mass is 10.2. The van der Waals surface area contributed by atoms with Crippen LogP contribution in [-0.4, -0.2) is 36.9 Å². The van der Waals surface area contributed by atoms with Gasteiger partial charge in [0.15, 0.2) is 0 Å². The molecule has 0 aromatic heterocycles. The molecule has 1 unspecified atom stereocenters. The Hall–Kier alpha value is -2.37. The van der Waals surface area contributed by atoms with Gasteiger partial charge >= 0.3 is 0 Å². The second-order valence-corrected chi connectivity index (χ2v) is 5.30. The molecule has 0 aliphatic heterocycles. The van der Waals surface area contributed by atoms with Crippen molar-refractivity contribution < 1.29 is 14.4 Å². The van der Waals surface area contributed by atoms with Crippen molar-refractivity contribution in [3.05, 3.63) is 35.9 Å². The molecule has 0 bridgehead atoms. The first kappa shape index (κ1) is 17.7. The molecule has 1 rings (SSSR count). The number of hydrogen-bond acceptors (Lipinski definition) is 3. The van der Waals surface area contributed by atoms with Crippen LogP contribution in [0, 0.1) is 5.92 Å². The van der Waals surface area contributed by atoms with Crippen molar-refractivity contribution in [2.45, 2.75) is 26.8 Å². The number of carbonyl (C=O) groups excluding carboxylic acids is 3. The molecule has 0 fully saturated rings. The van der Waals surface area contributed by atoms with Crippen LogP contribution in [0.2, 0.25) is 0 Å². The monoisotopic (exact) mass is 305 g/mol. The van der Waals surface area contributed by atoms with Gasteiger partial charge in [-0.15, -0.1) is 0 Å². The second-order valence-electron chi connectivity index (χ2n) is 5.30. The third kappa shape index (κ3) is 5.95. The van der Waals surface area contributed by atoms with E-state index in [9.17, 15) is 14.4 Å². The van der Waals surface area contributed by atoms with E-state index in [1.807, 2.05) is 6.07 Å². The Kier molecular flexibility index (Phi) is 7.08. The summed E-state index contributed by atoms with van der Waals surface area (Å²) in [6, 6.07) is 8.06. The fourth-order valence-corrected chi connectivity index (χ4v) is 1.66. The number of nitrogens with one attached hydrogen (secondary N) is 3. The van der Waals surface area contributed by atoms with Crippen LogP contribution in [0.25, 0.3) is 0 Å². The van der Waals surface area contributed by atoms with Gasteiger partial charge in [-0.25, -0.2) is 0 Å². The van der Waals surface area contributed by atoms with Crippen molar-refractivity contribution in [2.75, 3.05) is 13.1 Å². The average molecular weight is 305 g/mol. The Morgan fingerprint density at radius 2 is 1.45 bits per heavy atom. The zero-order valence-corrected chi connectivity index (χ0v) is 13.2. The highest BCUT2D eigenvalue weighted by Gasteiger charge is 2.16. The van der Waals surface area contributed by atoms with Crippen LogP contribution in [0.15, 0.2) is 30.3 Å². The summed E-state index contributed by atoms with van der Waals surface area (Å²) in [5, 5.41) is 7.99. The quantitative estimate of drug-likeness (QED) is 0.648. The van der Waals surface area contributed by atoms with Crippen LogP contribution in [-0.2, 0) is 9.59 Å². The average Bonchev–Trinajstić information content (AvgIpc) is 2.51. The largest absolute Gasteiger partial charge is 0.354 e. The van der Waals surface area contributed by atoms with Crippen LogP contribution in [0.3, 0.4) is 0 Å². The zero-order valence-electron chi connectivity index (χ0n) is 13.2. The van der Waals surface area contributed by atoms with E-state index >= 15 is 0 Å². The minimum atomic E-state index is -0.645. The molecule has 6 nitrogen and oxygen atoms in total. The minimum absolute atomic E-state index is 0.0559. The summed E-state index contributed by atoms with van der Waals surface area (Å²) in [6.45, 7) is 5.90. The summed E-state index contributed by atoms with van der Waals surface area (Å²) < 4.78 is 0. The molecule has 0 aliphatic rings. The highest BCUT2D eigenvalue weighted by atomic mass is 16.2. The van der Waals surface area contributed by atoms with Gasteiger partial charge < -0.3 is 16.0 Å². The van der Waals surface area contributed by atoms with E-state index in [-0.39, 0.29) is 23.6 Å². The van der Waals surface area contributed by atoms with Crippen LogP contribution in [0.5, 0.6) is 0 Å². The van der Waals surface area contributed by atoms with E-state index in [2.05, 4.69) is 16.0 Å². The molecule has 3 amide bonds. The fraction of sp³-hybridized carbons (Fsp3) is 0.438. The molecular formula is C16H23N3O3. The Labute approximate surface area is 130 Å². The van der Waals surface area contributed by atoms with E-state index in [0.29, 0.717) is 18.7 Å². The van der Waals surface area contributed by atoms with Crippen molar-refractivity contribution in [1.29, 1.82) is 0 Å². The molecule has 0 saturated heterocycles. The van der Waals surface area contributed by atoms with Gasteiger partial charge in [-0.1, -0.05) is 32.0 Å². The zero-order chi connectivity index (χ0) is 16.5. The predicted octanol–water partition coefficient (Wildman–Crippen LogP) is 0.693. The third-order valence-electron chi connectivity index (χ3n) is 3.02. The van der Waals surface area contributed by atoms with E-state index in [4.69, 9.17) is 0 Å². The summed E-state index contributed by atoms with van der Waals surface area (Å²) in [7, 11) is 0. The lowest BCUT2D eigenvalue weighted by molar-refractivity contribution is -0.125. The number of amides is 3. The van der Waals surface area contributed by atoms with Crippen molar-refractivity contribution in [2.24, 2.45) is 5.92 Å². The maximum Gasteiger partial charge on any atom is 0.251 e. The first-order valence-electron chi connectivity index (χ1n) is 7.33. The van der Waals surface area contributed by atoms with Crippen LogP contribution in [0.1, 0.15) is 31.1 Å². The third-order valence-corrected chi connectivity index (χ3v) is 3.02. The number of hydrogen-bond donors (Lipinski definition) is 3. The van der Waals surface area contributed by atoms with E-state index in [0.717, 1.165) is 0 Å². The predicted molar refractivity (Wildman–Crippen MR) is 84.2 cm³/mol.